The molecule has 2 aromatic heterocycles. The van der Waals surface area contributed by atoms with Gasteiger partial charge in [0.15, 0.2) is 0 Å². The lowest BCUT2D eigenvalue weighted by molar-refractivity contribution is -0.142. The van der Waals surface area contributed by atoms with Crippen LogP contribution in [0.2, 0.25) is 0 Å². The molecular weight excluding hydrogens is 427 g/mol. The van der Waals surface area contributed by atoms with Gasteiger partial charge in [0.1, 0.15) is 17.6 Å². The first-order valence-corrected chi connectivity index (χ1v) is 11.6. The number of aromatic amines is 2. The summed E-state index contributed by atoms with van der Waals surface area (Å²) in [4.78, 5) is 44.8. The van der Waals surface area contributed by atoms with Gasteiger partial charge in [0, 0.05) is 24.5 Å². The topological polar surface area (TPSA) is 167 Å². The normalized spacial score (nSPS) is 15.2. The van der Waals surface area contributed by atoms with Crippen LogP contribution < -0.4 is 21.1 Å². The molecule has 2 atom stereocenters. The van der Waals surface area contributed by atoms with Crippen molar-refractivity contribution in [2.75, 3.05) is 26.9 Å². The molecule has 0 bridgehead atoms. The SMILES string of the molecule is COC(=O)C(C)NP(=O)(CCCNCc1c[nH]c2c(=O)[nH]cnc12)NC(C)C(=O)OC. The summed E-state index contributed by atoms with van der Waals surface area (Å²) in [5.41, 5.74) is 1.59. The van der Waals surface area contributed by atoms with Crippen molar-refractivity contribution in [2.45, 2.75) is 38.9 Å². The van der Waals surface area contributed by atoms with Gasteiger partial charge in [-0.2, -0.15) is 0 Å². The monoisotopic (exact) mass is 456 g/mol. The highest BCUT2D eigenvalue weighted by Crippen LogP contribution is 2.38. The molecule has 0 amide bonds. The minimum absolute atomic E-state index is 0.175. The van der Waals surface area contributed by atoms with Gasteiger partial charge in [0.25, 0.3) is 5.56 Å². The molecule has 2 heterocycles. The average molecular weight is 456 g/mol. The van der Waals surface area contributed by atoms with E-state index in [4.69, 9.17) is 0 Å². The number of carbonyl (C=O) groups is 2. The van der Waals surface area contributed by atoms with E-state index in [0.29, 0.717) is 30.5 Å². The molecule has 0 radical (unpaired) electrons. The fraction of sp³-hybridized carbons (Fsp3) is 0.556. The van der Waals surface area contributed by atoms with Crippen LogP contribution >= 0.6 is 7.44 Å². The highest BCUT2D eigenvalue weighted by atomic mass is 31.2. The zero-order valence-corrected chi connectivity index (χ0v) is 18.9. The van der Waals surface area contributed by atoms with Crippen LogP contribution in [0.1, 0.15) is 25.8 Å². The predicted molar refractivity (Wildman–Crippen MR) is 115 cm³/mol. The second kappa shape index (κ2) is 11.2. The summed E-state index contributed by atoms with van der Waals surface area (Å²) >= 11 is 0. The van der Waals surface area contributed by atoms with Crippen molar-refractivity contribution in [1.29, 1.82) is 0 Å². The van der Waals surface area contributed by atoms with Crippen LogP contribution in [0.5, 0.6) is 0 Å². The van der Waals surface area contributed by atoms with Crippen molar-refractivity contribution < 1.29 is 23.6 Å². The number of fused-ring (bicyclic) bond motifs is 1. The van der Waals surface area contributed by atoms with Crippen molar-refractivity contribution >= 4 is 30.4 Å². The highest BCUT2D eigenvalue weighted by Gasteiger charge is 2.30. The van der Waals surface area contributed by atoms with E-state index in [1.54, 1.807) is 6.20 Å². The summed E-state index contributed by atoms with van der Waals surface area (Å²) in [5.74, 6) is -1.12. The van der Waals surface area contributed by atoms with E-state index < -0.39 is 31.5 Å². The Kier molecular flexibility index (Phi) is 8.93. The summed E-state index contributed by atoms with van der Waals surface area (Å²) in [6.45, 7) is 4.03. The van der Waals surface area contributed by atoms with Gasteiger partial charge >= 0.3 is 11.9 Å². The maximum Gasteiger partial charge on any atom is 0.322 e. The lowest BCUT2D eigenvalue weighted by atomic mass is 10.3. The maximum absolute atomic E-state index is 13.4. The van der Waals surface area contributed by atoms with E-state index in [2.05, 4.69) is 39.9 Å². The van der Waals surface area contributed by atoms with Crippen molar-refractivity contribution in [2.24, 2.45) is 0 Å². The van der Waals surface area contributed by atoms with Crippen molar-refractivity contribution in [3.63, 3.8) is 0 Å². The summed E-state index contributed by atoms with van der Waals surface area (Å²) in [5, 5.41) is 8.75. The molecule has 0 fully saturated rings. The second-order valence-corrected chi connectivity index (χ2v) is 9.45. The fourth-order valence-electron chi connectivity index (χ4n) is 3.04. The number of H-pyrrole nitrogens is 2. The minimum Gasteiger partial charge on any atom is -0.468 e. The third kappa shape index (κ3) is 6.73. The summed E-state index contributed by atoms with van der Waals surface area (Å²) < 4.78 is 22.7. The minimum atomic E-state index is -3.32. The Hall–Kier alpha value is -2.53. The third-order valence-electron chi connectivity index (χ3n) is 4.60. The van der Waals surface area contributed by atoms with Gasteiger partial charge in [-0.1, -0.05) is 0 Å². The van der Waals surface area contributed by atoms with Crippen LogP contribution in [-0.4, -0.2) is 65.9 Å². The standard InChI is InChI=1S/C18H29N6O6P/c1-11(17(26)29-3)23-31(28,24-12(2)18(27)30-4)7-5-6-19-8-13-9-20-15-14(13)21-10-22-16(15)25/h9-12,19-20H,5-8H2,1-4H3,(H,21,22,25)(H2,23,24,28). The van der Waals surface area contributed by atoms with Gasteiger partial charge in [-0.25, -0.2) is 15.2 Å². The van der Waals surface area contributed by atoms with Gasteiger partial charge < -0.3 is 24.8 Å². The number of hydrogen-bond donors (Lipinski definition) is 5. The second-order valence-electron chi connectivity index (χ2n) is 7.01. The van der Waals surface area contributed by atoms with Crippen LogP contribution in [-0.2, 0) is 30.2 Å². The summed E-state index contributed by atoms with van der Waals surface area (Å²) in [6, 6.07) is -1.65. The number of ether oxygens (including phenoxy) is 2. The zero-order chi connectivity index (χ0) is 23.0. The van der Waals surface area contributed by atoms with E-state index in [0.717, 1.165) is 5.56 Å². The molecule has 5 N–H and O–H groups in total. The summed E-state index contributed by atoms with van der Waals surface area (Å²) in [6.07, 6.45) is 3.72. The lowest BCUT2D eigenvalue weighted by Gasteiger charge is -2.26. The molecule has 0 aliphatic heterocycles. The van der Waals surface area contributed by atoms with Crippen LogP contribution in [0.3, 0.4) is 0 Å². The molecule has 0 aromatic carbocycles. The Morgan fingerprint density at radius 3 is 2.32 bits per heavy atom. The Morgan fingerprint density at radius 1 is 1.13 bits per heavy atom. The van der Waals surface area contributed by atoms with E-state index in [1.165, 1.54) is 34.4 Å². The largest absolute Gasteiger partial charge is 0.468 e. The van der Waals surface area contributed by atoms with Crippen molar-refractivity contribution in [1.82, 2.24) is 30.4 Å². The molecule has 31 heavy (non-hydrogen) atoms. The average Bonchev–Trinajstić information content (AvgIpc) is 3.16. The zero-order valence-electron chi connectivity index (χ0n) is 18.0. The molecule has 0 saturated carbocycles. The molecule has 0 saturated heterocycles. The highest BCUT2D eigenvalue weighted by molar-refractivity contribution is 7.59. The molecule has 13 heteroatoms. The number of methoxy groups -OCH3 is 2. The smallest absolute Gasteiger partial charge is 0.322 e. The van der Waals surface area contributed by atoms with E-state index in [-0.39, 0.29) is 11.7 Å². The number of nitrogens with one attached hydrogen (secondary N) is 5. The maximum atomic E-state index is 13.4. The Labute approximate surface area is 179 Å². The predicted octanol–water partition coefficient (Wildman–Crippen LogP) is 0.226. The van der Waals surface area contributed by atoms with E-state index in [1.807, 2.05) is 0 Å². The first-order valence-electron chi connectivity index (χ1n) is 9.75. The van der Waals surface area contributed by atoms with E-state index in [9.17, 15) is 18.9 Å². The molecule has 12 nitrogen and oxygen atoms in total. The number of hydrogen-bond acceptors (Lipinski definition) is 8. The molecule has 2 unspecified atom stereocenters. The molecule has 2 rings (SSSR count). The van der Waals surface area contributed by atoms with Gasteiger partial charge in [0.2, 0.25) is 7.44 Å². The summed E-state index contributed by atoms with van der Waals surface area (Å²) in [7, 11) is -0.831. The quantitative estimate of drug-likeness (QED) is 0.169. The van der Waals surface area contributed by atoms with Gasteiger partial charge in [-0.3, -0.25) is 18.9 Å². The Bertz CT molecular complexity index is 977. The van der Waals surface area contributed by atoms with Crippen LogP contribution in [0.4, 0.5) is 0 Å². The van der Waals surface area contributed by atoms with E-state index >= 15 is 0 Å². The lowest BCUT2D eigenvalue weighted by Crippen LogP contribution is -2.42. The first-order chi connectivity index (χ1) is 14.7. The van der Waals surface area contributed by atoms with Crippen molar-refractivity contribution in [3.05, 3.63) is 28.4 Å². The number of rotatable bonds is 12. The molecule has 2 aromatic rings. The molecule has 172 valence electrons. The fourth-order valence-corrected chi connectivity index (χ4v) is 5.44. The third-order valence-corrected chi connectivity index (χ3v) is 7.16. The van der Waals surface area contributed by atoms with Crippen molar-refractivity contribution in [3.8, 4) is 0 Å². The molecule has 0 aliphatic rings. The van der Waals surface area contributed by atoms with Gasteiger partial charge in [0.05, 0.1) is 26.1 Å². The Morgan fingerprint density at radius 2 is 1.74 bits per heavy atom. The molecule has 0 spiro atoms. The van der Waals surface area contributed by atoms with Crippen LogP contribution in [0.25, 0.3) is 11.0 Å². The van der Waals surface area contributed by atoms with Crippen LogP contribution in [0, 0.1) is 0 Å². The molecule has 0 aliphatic carbocycles. The Balaban J connectivity index is 1.94. The van der Waals surface area contributed by atoms with Crippen LogP contribution in [0.15, 0.2) is 17.3 Å². The molecular formula is C18H29N6O6P. The van der Waals surface area contributed by atoms with Gasteiger partial charge in [-0.15, -0.1) is 0 Å². The first kappa shape index (κ1) is 24.7. The number of esters is 2. The number of carbonyl (C=O) groups excluding carboxylic acids is 2. The number of nitrogens with zero attached hydrogens (tertiary/aromatic N) is 1. The number of aromatic nitrogens is 3. The van der Waals surface area contributed by atoms with Gasteiger partial charge in [-0.05, 0) is 26.8 Å².